The first-order valence-electron chi connectivity index (χ1n) is 8.02. The van der Waals surface area contributed by atoms with Gasteiger partial charge in [-0.25, -0.2) is 9.51 Å². The number of likely N-dealkylation sites (N-methyl/N-ethyl adjacent to an activating group) is 1. The van der Waals surface area contributed by atoms with E-state index in [4.69, 9.17) is 10.5 Å². The van der Waals surface area contributed by atoms with Gasteiger partial charge < -0.3 is 15.0 Å². The molecule has 25 heavy (non-hydrogen) atoms. The summed E-state index contributed by atoms with van der Waals surface area (Å²) in [6, 6.07) is 5.72. The van der Waals surface area contributed by atoms with E-state index in [2.05, 4.69) is 31.2 Å². The minimum absolute atomic E-state index is 0.143. The highest BCUT2D eigenvalue weighted by atomic mass is 16.5. The van der Waals surface area contributed by atoms with Gasteiger partial charge in [0.15, 0.2) is 11.5 Å². The predicted molar refractivity (Wildman–Crippen MR) is 97.1 cm³/mol. The Morgan fingerprint density at radius 1 is 1.28 bits per heavy atom. The van der Waals surface area contributed by atoms with Crippen LogP contribution in [0.5, 0.6) is 5.88 Å². The molecule has 130 valence electrons. The lowest BCUT2D eigenvalue weighted by Gasteiger charge is -2.23. The molecule has 2 aromatic rings. The van der Waals surface area contributed by atoms with Gasteiger partial charge in [-0.05, 0) is 24.3 Å². The fourth-order valence-corrected chi connectivity index (χ4v) is 2.34. The summed E-state index contributed by atoms with van der Waals surface area (Å²) in [6.07, 6.45) is 6.26. The number of hydrogen-bond acceptors (Lipinski definition) is 5. The van der Waals surface area contributed by atoms with Gasteiger partial charge >= 0.3 is 0 Å². The van der Waals surface area contributed by atoms with Crippen LogP contribution in [0.4, 0.5) is 5.69 Å². The van der Waals surface area contributed by atoms with Crippen molar-refractivity contribution in [2.45, 2.75) is 0 Å². The lowest BCUT2D eigenvalue weighted by Crippen LogP contribution is -2.38. The summed E-state index contributed by atoms with van der Waals surface area (Å²) in [5.41, 5.74) is 8.20. The van der Waals surface area contributed by atoms with Crippen LogP contribution in [-0.4, -0.2) is 59.9 Å². The molecule has 0 aliphatic heterocycles. The van der Waals surface area contributed by atoms with E-state index < -0.39 is 0 Å². The number of ketones is 1. The number of carbonyl (C=O) groups excluding carboxylic acids is 1. The van der Waals surface area contributed by atoms with E-state index in [0.29, 0.717) is 29.6 Å². The number of nitrogens with two attached hydrogens (primary N) is 1. The van der Waals surface area contributed by atoms with Crippen molar-refractivity contribution in [1.82, 2.24) is 9.61 Å². The highest BCUT2D eigenvalue weighted by Crippen LogP contribution is 2.32. The molecule has 7 nitrogen and oxygen atoms in total. The Bertz CT molecular complexity index is 900. The number of pyridine rings is 1. The second-order valence-electron chi connectivity index (χ2n) is 6.88. The largest absolute Gasteiger partial charge is 0.469 e. The van der Waals surface area contributed by atoms with Gasteiger partial charge in [0.1, 0.15) is 13.2 Å². The number of quaternary nitrogens is 1. The molecule has 2 heterocycles. The van der Waals surface area contributed by atoms with Crippen molar-refractivity contribution in [1.29, 1.82) is 0 Å². The van der Waals surface area contributed by atoms with Crippen LogP contribution in [0.1, 0.15) is 0 Å². The number of fused-ring (bicyclic) bond motifs is 1. The second kappa shape index (κ2) is 6.52. The lowest BCUT2D eigenvalue weighted by atomic mass is 10.1. The summed E-state index contributed by atoms with van der Waals surface area (Å²) < 4.78 is 8.40. The van der Waals surface area contributed by atoms with Gasteiger partial charge in [-0.2, -0.15) is 0 Å². The van der Waals surface area contributed by atoms with Crippen molar-refractivity contribution in [3.05, 3.63) is 48.3 Å². The first-order valence-corrected chi connectivity index (χ1v) is 8.02. The number of rotatable bonds is 5. The Morgan fingerprint density at radius 3 is 2.80 bits per heavy atom. The zero-order valence-electron chi connectivity index (χ0n) is 14.6. The van der Waals surface area contributed by atoms with Crippen molar-refractivity contribution in [2.24, 2.45) is 10.7 Å². The monoisotopic (exact) mass is 340 g/mol. The summed E-state index contributed by atoms with van der Waals surface area (Å²) in [5, 5.41) is 4.47. The molecule has 0 saturated carbocycles. The molecule has 1 aliphatic rings. The Hall–Kier alpha value is -2.93. The lowest BCUT2D eigenvalue weighted by molar-refractivity contribution is -0.870. The van der Waals surface area contributed by atoms with Crippen LogP contribution >= 0.6 is 0 Å². The Balaban J connectivity index is 1.98. The van der Waals surface area contributed by atoms with Gasteiger partial charge in [-0.3, -0.25) is 4.79 Å². The average molecular weight is 340 g/mol. The third kappa shape index (κ3) is 3.95. The van der Waals surface area contributed by atoms with Crippen LogP contribution in [0.3, 0.4) is 0 Å². The van der Waals surface area contributed by atoms with E-state index >= 15 is 0 Å². The summed E-state index contributed by atoms with van der Waals surface area (Å²) in [4.78, 5) is 16.0. The third-order valence-corrected chi connectivity index (χ3v) is 3.72. The van der Waals surface area contributed by atoms with E-state index in [9.17, 15) is 4.79 Å². The van der Waals surface area contributed by atoms with Crippen LogP contribution in [0.25, 0.3) is 5.52 Å². The SMILES string of the molecule is C[N+](C)(C)CCOc1nn2ccccc2c1N=C1C=CC(=O)C=C1N. The van der Waals surface area contributed by atoms with Crippen LogP contribution in [-0.2, 0) is 4.79 Å². The van der Waals surface area contributed by atoms with Crippen molar-refractivity contribution in [2.75, 3.05) is 34.3 Å². The normalized spacial score (nSPS) is 16.5. The fraction of sp³-hybridized carbons (Fsp3) is 0.278. The fourth-order valence-electron chi connectivity index (χ4n) is 2.34. The number of ether oxygens (including phenoxy) is 1. The van der Waals surface area contributed by atoms with Crippen LogP contribution in [0, 0.1) is 0 Å². The highest BCUT2D eigenvalue weighted by molar-refractivity contribution is 6.20. The maximum absolute atomic E-state index is 11.4. The topological polar surface area (TPSA) is 82.0 Å². The predicted octanol–water partition coefficient (Wildman–Crippen LogP) is 1.47. The Morgan fingerprint density at radius 2 is 2.08 bits per heavy atom. The number of allylic oxidation sites excluding steroid dienone is 3. The molecule has 7 heteroatoms. The quantitative estimate of drug-likeness (QED) is 0.660. The van der Waals surface area contributed by atoms with E-state index in [1.165, 1.54) is 12.2 Å². The number of aromatic nitrogens is 2. The summed E-state index contributed by atoms with van der Waals surface area (Å²) in [7, 11) is 6.30. The standard InChI is InChI=1S/C18H21N5O2/c1-23(2,3)10-11-25-18-17(16-6-4-5-9-22(16)21-18)20-15-8-7-13(24)12-14(15)19/h4-9,12H,10-11H2,1-3H3,(H-,19,24)/p+1. The highest BCUT2D eigenvalue weighted by Gasteiger charge is 2.17. The summed E-state index contributed by atoms with van der Waals surface area (Å²) in [5.74, 6) is 0.306. The molecule has 0 fully saturated rings. The molecular formula is C18H22N5O2+. The molecule has 0 atom stereocenters. The van der Waals surface area contributed by atoms with Gasteiger partial charge in [0.25, 0.3) is 5.88 Å². The van der Waals surface area contributed by atoms with Crippen molar-refractivity contribution < 1.29 is 14.0 Å². The smallest absolute Gasteiger partial charge is 0.260 e. The molecule has 0 unspecified atom stereocenters. The number of aliphatic imine (C=N–C) groups is 1. The second-order valence-corrected chi connectivity index (χ2v) is 6.88. The van der Waals surface area contributed by atoms with Crippen LogP contribution in [0.2, 0.25) is 0 Å². The van der Waals surface area contributed by atoms with E-state index in [0.717, 1.165) is 16.5 Å². The number of nitrogens with zero attached hydrogens (tertiary/aromatic N) is 4. The van der Waals surface area contributed by atoms with Gasteiger partial charge in [0.05, 0.1) is 38.1 Å². The van der Waals surface area contributed by atoms with Crippen LogP contribution < -0.4 is 10.5 Å². The van der Waals surface area contributed by atoms with Gasteiger partial charge in [0, 0.05) is 12.3 Å². The van der Waals surface area contributed by atoms with Gasteiger partial charge in [-0.1, -0.05) is 6.07 Å². The van der Waals surface area contributed by atoms with Crippen molar-refractivity contribution in [3.63, 3.8) is 0 Å². The Kier molecular flexibility index (Phi) is 4.41. The summed E-state index contributed by atoms with van der Waals surface area (Å²) in [6.45, 7) is 1.35. The molecule has 0 amide bonds. The van der Waals surface area contributed by atoms with Gasteiger partial charge in [-0.15, -0.1) is 5.10 Å². The molecule has 2 N–H and O–H groups in total. The molecule has 0 saturated heterocycles. The maximum Gasteiger partial charge on any atom is 0.260 e. The molecule has 3 rings (SSSR count). The minimum Gasteiger partial charge on any atom is -0.469 e. The van der Waals surface area contributed by atoms with Crippen LogP contribution in [0.15, 0.2) is 53.3 Å². The zero-order valence-corrected chi connectivity index (χ0v) is 14.6. The van der Waals surface area contributed by atoms with Crippen molar-refractivity contribution >= 4 is 22.7 Å². The molecular weight excluding hydrogens is 318 g/mol. The maximum atomic E-state index is 11.4. The first kappa shape index (κ1) is 16.9. The van der Waals surface area contributed by atoms with E-state index in [-0.39, 0.29) is 5.78 Å². The molecule has 0 spiro atoms. The summed E-state index contributed by atoms with van der Waals surface area (Å²) >= 11 is 0. The zero-order chi connectivity index (χ0) is 18.0. The Labute approximate surface area is 146 Å². The van der Waals surface area contributed by atoms with Gasteiger partial charge in [0.2, 0.25) is 0 Å². The third-order valence-electron chi connectivity index (χ3n) is 3.72. The average Bonchev–Trinajstić information content (AvgIpc) is 2.87. The number of carbonyl (C=O) groups is 1. The van der Waals surface area contributed by atoms with E-state index in [1.807, 2.05) is 24.4 Å². The number of hydrogen-bond donors (Lipinski definition) is 1. The van der Waals surface area contributed by atoms with E-state index in [1.54, 1.807) is 10.6 Å². The molecule has 1 aliphatic carbocycles. The first-order chi connectivity index (χ1) is 11.8. The van der Waals surface area contributed by atoms with Crippen molar-refractivity contribution in [3.8, 4) is 5.88 Å². The molecule has 0 radical (unpaired) electrons. The molecule has 0 aromatic carbocycles. The minimum atomic E-state index is -0.143. The molecule has 0 bridgehead atoms. The molecule has 2 aromatic heterocycles.